The van der Waals surface area contributed by atoms with Crippen molar-refractivity contribution in [1.29, 1.82) is 0 Å². The maximum atomic E-state index is 14.4. The first-order valence-corrected chi connectivity index (χ1v) is 21.0. The van der Waals surface area contributed by atoms with E-state index in [4.69, 9.17) is 13.9 Å². The van der Waals surface area contributed by atoms with Gasteiger partial charge in [-0.3, -0.25) is 19.1 Å². The number of oxazole rings is 1. The lowest BCUT2D eigenvalue weighted by molar-refractivity contribution is -0.151. The second-order valence-corrected chi connectivity index (χ2v) is 16.2. The summed E-state index contributed by atoms with van der Waals surface area (Å²) < 4.78 is 18.8. The predicted molar refractivity (Wildman–Crippen MR) is 215 cm³/mol. The number of benzene rings is 2. The Hall–Kier alpha value is -4.85. The van der Waals surface area contributed by atoms with Gasteiger partial charge in [-0.1, -0.05) is 50.5 Å². The summed E-state index contributed by atoms with van der Waals surface area (Å²) >= 11 is 0. The van der Waals surface area contributed by atoms with Gasteiger partial charge in [-0.25, -0.2) is 14.4 Å². The number of hydrogen-bond acceptors (Lipinski definition) is 9. The molecular weight excluding hydrogens is 729 g/mol. The number of ether oxygens (including phenoxy) is 2. The molecule has 0 radical (unpaired) electrons. The van der Waals surface area contributed by atoms with Gasteiger partial charge >= 0.3 is 23.8 Å². The van der Waals surface area contributed by atoms with Gasteiger partial charge in [-0.2, -0.15) is 0 Å². The first-order chi connectivity index (χ1) is 27.6. The number of fused-ring (bicyclic) bond motifs is 2. The fourth-order valence-electron chi connectivity index (χ4n) is 9.28. The first-order valence-electron chi connectivity index (χ1n) is 21.0. The molecule has 4 aliphatic rings. The van der Waals surface area contributed by atoms with Crippen LogP contribution in [0.1, 0.15) is 87.8 Å². The maximum absolute atomic E-state index is 14.4. The van der Waals surface area contributed by atoms with Crippen molar-refractivity contribution in [3.63, 3.8) is 0 Å². The predicted octanol–water partition coefficient (Wildman–Crippen LogP) is 5.62. The molecule has 308 valence electrons. The molecule has 3 aromatic rings. The Morgan fingerprint density at radius 3 is 2.40 bits per heavy atom. The molecule has 3 fully saturated rings. The fourth-order valence-corrected chi connectivity index (χ4v) is 9.28. The second kappa shape index (κ2) is 18.2. The van der Waals surface area contributed by atoms with Crippen LogP contribution in [0, 0.1) is 6.92 Å². The number of carbonyl (C=O) groups is 4. The molecule has 1 N–H and O–H groups in total. The molecule has 2 atom stereocenters. The van der Waals surface area contributed by atoms with Gasteiger partial charge in [0.25, 0.3) is 5.91 Å². The number of piperidine rings is 2. The molecule has 4 amide bonds. The van der Waals surface area contributed by atoms with Gasteiger partial charge in [0.1, 0.15) is 6.04 Å². The number of para-hydroxylation sites is 1. The summed E-state index contributed by atoms with van der Waals surface area (Å²) in [7, 11) is 1.65. The Bertz CT molecular complexity index is 1980. The summed E-state index contributed by atoms with van der Waals surface area (Å²) in [6.07, 6.45) is 7.74. The Balaban J connectivity index is 0.993. The Labute approximate surface area is 334 Å². The molecule has 14 heteroatoms. The minimum atomic E-state index is -1.10. The highest BCUT2D eigenvalue weighted by atomic mass is 16.6. The molecule has 3 saturated heterocycles. The highest BCUT2D eigenvalue weighted by Crippen LogP contribution is 2.29. The standard InChI is InChI=1S/C43H58N6O8/c1-4-5-6-9-25-55-40(51)35-13-10-19-48(35)32-15-20-46(21-16-32)39(50)37(28-30-26-29(2)38-36(27-30)56-42(53)45(38)3)57-43(54)47-22-17-33(18-23-47)49-24-14-31-11-7-8-12-34(31)44-41(49)52/h7-8,11-12,26-27,32-33,35,37H,4-6,9-10,13-25,28H2,1-3H3,(H,44,52)/t35-,37+/m0/s1. The third-order valence-corrected chi connectivity index (χ3v) is 12.4. The summed E-state index contributed by atoms with van der Waals surface area (Å²) in [6.45, 7) is 7.67. The normalized spacial score (nSPS) is 20.3. The Kier molecular flexibility index (Phi) is 12.9. The van der Waals surface area contributed by atoms with Crippen LogP contribution >= 0.6 is 0 Å². The number of likely N-dealkylation sites (tertiary alicyclic amines) is 3. The van der Waals surface area contributed by atoms with E-state index in [2.05, 4.69) is 17.1 Å². The molecule has 14 nitrogen and oxygen atoms in total. The van der Waals surface area contributed by atoms with Crippen LogP contribution < -0.4 is 11.1 Å². The number of aryl methyl sites for hydroxylation is 2. The molecule has 2 aromatic carbocycles. The highest BCUT2D eigenvalue weighted by molar-refractivity contribution is 5.91. The third-order valence-electron chi connectivity index (χ3n) is 12.4. The van der Waals surface area contributed by atoms with E-state index in [1.165, 1.54) is 4.57 Å². The summed E-state index contributed by atoms with van der Waals surface area (Å²) in [5.41, 5.74) is 4.57. The number of aromatic nitrogens is 1. The van der Waals surface area contributed by atoms with Gasteiger partial charge in [-0.15, -0.1) is 0 Å². The number of nitrogens with one attached hydrogen (secondary N) is 1. The van der Waals surface area contributed by atoms with Crippen LogP contribution in [0.4, 0.5) is 15.3 Å². The smallest absolute Gasteiger partial charge is 0.419 e. The van der Waals surface area contributed by atoms with Gasteiger partial charge < -0.3 is 33.9 Å². The van der Waals surface area contributed by atoms with Crippen molar-refractivity contribution in [3.8, 4) is 0 Å². The average Bonchev–Trinajstić information content (AvgIpc) is 3.77. The quantitative estimate of drug-likeness (QED) is 0.183. The second-order valence-electron chi connectivity index (χ2n) is 16.2. The number of hydrogen-bond donors (Lipinski definition) is 1. The van der Waals surface area contributed by atoms with Gasteiger partial charge in [0, 0.05) is 64.0 Å². The van der Waals surface area contributed by atoms with Crippen LogP contribution in [0.5, 0.6) is 0 Å². The Morgan fingerprint density at radius 1 is 0.895 bits per heavy atom. The lowest BCUT2D eigenvalue weighted by atomic mass is 9.99. The molecule has 5 heterocycles. The van der Waals surface area contributed by atoms with Crippen molar-refractivity contribution >= 4 is 40.8 Å². The SMILES string of the molecule is CCCCCCOC(=O)[C@@H]1CCCN1C1CCN(C(=O)[C@@H](Cc2cc(C)c3c(c2)oc(=O)n3C)OC(=O)N2CCC(N3CCc4ccccc4NC3=O)CC2)CC1. The lowest BCUT2D eigenvalue weighted by Crippen LogP contribution is -2.53. The van der Waals surface area contributed by atoms with Crippen molar-refractivity contribution in [2.45, 2.75) is 115 Å². The molecule has 7 rings (SSSR count). The molecule has 0 spiro atoms. The third kappa shape index (κ3) is 9.16. The number of urea groups is 1. The van der Waals surface area contributed by atoms with E-state index in [1.807, 2.05) is 42.2 Å². The Morgan fingerprint density at radius 2 is 1.63 bits per heavy atom. The average molecular weight is 787 g/mol. The monoisotopic (exact) mass is 786 g/mol. The minimum Gasteiger partial charge on any atom is -0.465 e. The largest absolute Gasteiger partial charge is 0.465 e. The van der Waals surface area contributed by atoms with Crippen molar-refractivity contribution in [2.75, 3.05) is 51.2 Å². The van der Waals surface area contributed by atoms with E-state index in [0.717, 1.165) is 73.9 Å². The molecule has 0 bridgehead atoms. The zero-order valence-corrected chi connectivity index (χ0v) is 33.7. The van der Waals surface area contributed by atoms with Crippen molar-refractivity contribution in [2.24, 2.45) is 7.05 Å². The fraction of sp³-hybridized carbons (Fsp3) is 0.605. The summed E-state index contributed by atoms with van der Waals surface area (Å²) in [4.78, 5) is 74.4. The van der Waals surface area contributed by atoms with Gasteiger partial charge in [-0.05, 0) is 93.7 Å². The molecular formula is C43H58N6O8. The zero-order valence-electron chi connectivity index (χ0n) is 33.7. The van der Waals surface area contributed by atoms with Crippen molar-refractivity contribution < 1.29 is 33.1 Å². The van der Waals surface area contributed by atoms with E-state index in [9.17, 15) is 24.0 Å². The number of esters is 1. The summed E-state index contributed by atoms with van der Waals surface area (Å²) in [5, 5.41) is 3.05. The molecule has 0 unspecified atom stereocenters. The van der Waals surface area contributed by atoms with E-state index in [0.29, 0.717) is 76.1 Å². The minimum absolute atomic E-state index is 0.0276. The number of nitrogens with zero attached hydrogens (tertiary/aromatic N) is 5. The van der Waals surface area contributed by atoms with Crippen LogP contribution in [0.3, 0.4) is 0 Å². The van der Waals surface area contributed by atoms with Gasteiger partial charge in [0.2, 0.25) is 0 Å². The number of amides is 4. The van der Waals surface area contributed by atoms with E-state index >= 15 is 0 Å². The van der Waals surface area contributed by atoms with Crippen molar-refractivity contribution in [1.82, 2.24) is 24.2 Å². The van der Waals surface area contributed by atoms with Gasteiger partial charge in [0.05, 0.1) is 12.1 Å². The zero-order chi connectivity index (χ0) is 40.1. The van der Waals surface area contributed by atoms with Crippen LogP contribution in [0.2, 0.25) is 0 Å². The molecule has 1 aromatic heterocycles. The topological polar surface area (TPSA) is 147 Å². The number of rotatable bonds is 12. The van der Waals surface area contributed by atoms with Crippen LogP contribution in [-0.4, -0.2) is 118 Å². The number of unbranched alkanes of at least 4 members (excludes halogenated alkanes) is 3. The first kappa shape index (κ1) is 40.4. The molecule has 0 aliphatic carbocycles. The van der Waals surface area contributed by atoms with Crippen LogP contribution in [0.15, 0.2) is 45.6 Å². The molecule has 0 saturated carbocycles. The maximum Gasteiger partial charge on any atom is 0.419 e. The van der Waals surface area contributed by atoms with E-state index < -0.39 is 18.0 Å². The summed E-state index contributed by atoms with van der Waals surface area (Å²) in [5.74, 6) is -0.882. The summed E-state index contributed by atoms with van der Waals surface area (Å²) in [6, 6.07) is 11.2. The van der Waals surface area contributed by atoms with E-state index in [-0.39, 0.29) is 42.5 Å². The van der Waals surface area contributed by atoms with Crippen LogP contribution in [-0.2, 0) is 39.0 Å². The molecule has 4 aliphatic heterocycles. The van der Waals surface area contributed by atoms with Crippen LogP contribution in [0.25, 0.3) is 11.1 Å². The highest BCUT2D eigenvalue weighted by Gasteiger charge is 2.40. The van der Waals surface area contributed by atoms with E-state index in [1.54, 1.807) is 22.9 Å². The van der Waals surface area contributed by atoms with Gasteiger partial charge in [0.15, 0.2) is 11.7 Å². The lowest BCUT2D eigenvalue weighted by Gasteiger charge is -2.40. The van der Waals surface area contributed by atoms with Crippen molar-refractivity contribution in [3.05, 3.63) is 63.6 Å². The molecule has 57 heavy (non-hydrogen) atoms. The number of anilines is 1. The number of carbonyl (C=O) groups excluding carboxylic acids is 4.